The number of rotatable bonds is 10. The molecule has 13 heteroatoms. The SMILES string of the molecule is COc1cc(OC)cc(-c2nn(CCCCCN3CCN(C(=O)/C=C/C(F)(F)F)CC3)c3ncnc(N)c23)c1. The summed E-state index contributed by atoms with van der Waals surface area (Å²) < 4.78 is 49.5. The Morgan fingerprint density at radius 3 is 2.31 bits per heavy atom. The van der Waals surface area contributed by atoms with Gasteiger partial charge in [0, 0.05) is 56.5 Å². The fourth-order valence-corrected chi connectivity index (χ4v) is 4.57. The largest absolute Gasteiger partial charge is 0.497 e. The maximum atomic E-state index is 12.3. The number of halogens is 3. The predicted molar refractivity (Wildman–Crippen MR) is 140 cm³/mol. The van der Waals surface area contributed by atoms with Crippen molar-refractivity contribution in [3.8, 4) is 22.8 Å². The van der Waals surface area contributed by atoms with Crippen LogP contribution in [0.3, 0.4) is 0 Å². The number of piperazine rings is 1. The van der Waals surface area contributed by atoms with E-state index >= 15 is 0 Å². The number of hydrogen-bond donors (Lipinski definition) is 1. The number of aryl methyl sites for hydroxylation is 1. The third kappa shape index (κ3) is 7.16. The van der Waals surface area contributed by atoms with Gasteiger partial charge in [-0.25, -0.2) is 14.6 Å². The van der Waals surface area contributed by atoms with Gasteiger partial charge < -0.3 is 20.1 Å². The molecule has 0 unspecified atom stereocenters. The minimum atomic E-state index is -4.48. The van der Waals surface area contributed by atoms with Gasteiger partial charge in [-0.1, -0.05) is 6.42 Å². The summed E-state index contributed by atoms with van der Waals surface area (Å²) in [6.07, 6.45) is 0.279. The van der Waals surface area contributed by atoms with Gasteiger partial charge in [-0.05, 0) is 31.5 Å². The molecule has 0 atom stereocenters. The molecule has 0 saturated carbocycles. The summed E-state index contributed by atoms with van der Waals surface area (Å²) in [5, 5.41) is 5.48. The highest BCUT2D eigenvalue weighted by atomic mass is 19.4. The van der Waals surface area contributed by atoms with Crippen molar-refractivity contribution in [3.63, 3.8) is 0 Å². The van der Waals surface area contributed by atoms with Crippen LogP contribution in [0.1, 0.15) is 19.3 Å². The Bertz CT molecular complexity index is 1300. The van der Waals surface area contributed by atoms with Crippen LogP contribution in [-0.4, -0.2) is 88.6 Å². The number of hydrogen-bond acceptors (Lipinski definition) is 8. The highest BCUT2D eigenvalue weighted by molar-refractivity contribution is 5.98. The fraction of sp³-hybridized carbons (Fsp3) is 0.462. The molecular formula is C26H32F3N7O3. The zero-order chi connectivity index (χ0) is 28.0. The predicted octanol–water partition coefficient (Wildman–Crippen LogP) is 3.53. The van der Waals surface area contributed by atoms with Crippen molar-refractivity contribution in [1.29, 1.82) is 0 Å². The fourth-order valence-electron chi connectivity index (χ4n) is 4.57. The quantitative estimate of drug-likeness (QED) is 0.303. The molecule has 3 heterocycles. The third-order valence-electron chi connectivity index (χ3n) is 6.63. The second-order valence-corrected chi connectivity index (χ2v) is 9.23. The van der Waals surface area contributed by atoms with Crippen LogP contribution in [0.4, 0.5) is 19.0 Å². The van der Waals surface area contributed by atoms with Crippen molar-refractivity contribution < 1.29 is 27.4 Å². The highest BCUT2D eigenvalue weighted by Crippen LogP contribution is 2.35. The van der Waals surface area contributed by atoms with E-state index in [2.05, 4.69) is 14.9 Å². The molecule has 10 nitrogen and oxygen atoms in total. The van der Waals surface area contributed by atoms with E-state index in [4.69, 9.17) is 20.3 Å². The number of anilines is 1. The molecule has 2 aromatic heterocycles. The number of ether oxygens (including phenoxy) is 2. The molecule has 0 bridgehead atoms. The molecule has 210 valence electrons. The van der Waals surface area contributed by atoms with Gasteiger partial charge in [-0.15, -0.1) is 0 Å². The average molecular weight is 548 g/mol. The van der Waals surface area contributed by atoms with Gasteiger partial charge >= 0.3 is 6.18 Å². The van der Waals surface area contributed by atoms with Crippen LogP contribution >= 0.6 is 0 Å². The maximum absolute atomic E-state index is 12.3. The van der Waals surface area contributed by atoms with E-state index in [1.54, 1.807) is 20.3 Å². The van der Waals surface area contributed by atoms with Gasteiger partial charge in [-0.2, -0.15) is 18.3 Å². The van der Waals surface area contributed by atoms with Crippen molar-refractivity contribution in [1.82, 2.24) is 29.5 Å². The first-order valence-electron chi connectivity index (χ1n) is 12.7. The Balaban J connectivity index is 1.32. The molecule has 0 spiro atoms. The van der Waals surface area contributed by atoms with E-state index in [-0.39, 0.29) is 6.08 Å². The summed E-state index contributed by atoms with van der Waals surface area (Å²) in [6.45, 7) is 3.60. The first-order chi connectivity index (χ1) is 18.7. The molecule has 4 rings (SSSR count). The summed E-state index contributed by atoms with van der Waals surface area (Å²) in [4.78, 5) is 24.2. The molecule has 39 heavy (non-hydrogen) atoms. The minimum absolute atomic E-state index is 0.0125. The summed E-state index contributed by atoms with van der Waals surface area (Å²) in [7, 11) is 3.17. The smallest absolute Gasteiger partial charge is 0.409 e. The molecule has 1 saturated heterocycles. The number of benzene rings is 1. The summed E-state index contributed by atoms with van der Waals surface area (Å²) in [5.74, 6) is 1.00. The van der Waals surface area contributed by atoms with Gasteiger partial charge in [0.15, 0.2) is 5.65 Å². The number of nitrogens with two attached hydrogens (primary N) is 1. The number of carbonyl (C=O) groups excluding carboxylic acids is 1. The number of methoxy groups -OCH3 is 2. The Labute approximate surface area is 224 Å². The Morgan fingerprint density at radius 1 is 1.00 bits per heavy atom. The van der Waals surface area contributed by atoms with Crippen LogP contribution in [0.5, 0.6) is 11.5 Å². The summed E-state index contributed by atoms with van der Waals surface area (Å²) in [5.41, 5.74) is 8.31. The number of allylic oxidation sites excluding steroid dienone is 1. The summed E-state index contributed by atoms with van der Waals surface area (Å²) in [6, 6.07) is 5.51. The normalized spacial score (nSPS) is 14.8. The molecule has 3 aromatic rings. The summed E-state index contributed by atoms with van der Waals surface area (Å²) >= 11 is 0. The van der Waals surface area contributed by atoms with E-state index in [9.17, 15) is 18.0 Å². The topological polar surface area (TPSA) is 112 Å². The van der Waals surface area contributed by atoms with E-state index in [1.807, 2.05) is 16.8 Å². The van der Waals surface area contributed by atoms with Crippen LogP contribution in [0.15, 0.2) is 36.7 Å². The number of unbranched alkanes of at least 4 members (excludes halogenated alkanes) is 2. The first kappa shape index (κ1) is 28.1. The number of nitrogens with zero attached hydrogens (tertiary/aromatic N) is 6. The zero-order valence-corrected chi connectivity index (χ0v) is 21.9. The van der Waals surface area contributed by atoms with Crippen LogP contribution in [0.25, 0.3) is 22.3 Å². The minimum Gasteiger partial charge on any atom is -0.497 e. The lowest BCUT2D eigenvalue weighted by molar-refractivity contribution is -0.128. The lowest BCUT2D eigenvalue weighted by atomic mass is 10.1. The highest BCUT2D eigenvalue weighted by Gasteiger charge is 2.25. The average Bonchev–Trinajstić information content (AvgIpc) is 3.31. The van der Waals surface area contributed by atoms with Gasteiger partial charge in [0.2, 0.25) is 5.91 Å². The second-order valence-electron chi connectivity index (χ2n) is 9.23. The first-order valence-corrected chi connectivity index (χ1v) is 12.7. The van der Waals surface area contributed by atoms with Gasteiger partial charge in [0.05, 0.1) is 19.6 Å². The van der Waals surface area contributed by atoms with Crippen molar-refractivity contribution in [2.24, 2.45) is 0 Å². The monoisotopic (exact) mass is 547 g/mol. The van der Waals surface area contributed by atoms with Gasteiger partial charge in [0.1, 0.15) is 29.3 Å². The van der Waals surface area contributed by atoms with Crippen LogP contribution in [0.2, 0.25) is 0 Å². The van der Waals surface area contributed by atoms with E-state index in [1.165, 1.54) is 11.2 Å². The lowest BCUT2D eigenvalue weighted by Gasteiger charge is -2.34. The van der Waals surface area contributed by atoms with Crippen LogP contribution in [0, 0.1) is 0 Å². The molecular weight excluding hydrogens is 515 g/mol. The number of nitrogen functional groups attached to an aromatic ring is 1. The third-order valence-corrected chi connectivity index (χ3v) is 6.63. The maximum Gasteiger partial charge on any atom is 0.409 e. The number of alkyl halides is 3. The van der Waals surface area contributed by atoms with Crippen LogP contribution < -0.4 is 15.2 Å². The lowest BCUT2D eigenvalue weighted by Crippen LogP contribution is -2.48. The second kappa shape index (κ2) is 12.3. The molecule has 1 fully saturated rings. The number of fused-ring (bicyclic) bond motifs is 1. The molecule has 1 aromatic carbocycles. The standard InChI is InChI=1S/C26H32F3N7O3/c1-38-19-14-18(15-20(16-19)39-2)23-22-24(30)31-17-32-25(22)36(33-23)9-5-3-4-8-34-10-12-35(13-11-34)21(37)6-7-26(27,28)29/h6-7,14-17H,3-5,8-13H2,1-2H3,(H2,30,31,32)/b7-6+. The molecule has 1 aliphatic heterocycles. The molecule has 1 aliphatic rings. The number of carbonyl (C=O) groups is 1. The Hall–Kier alpha value is -3.87. The molecule has 2 N–H and O–H groups in total. The van der Waals surface area contributed by atoms with E-state index in [0.29, 0.717) is 72.8 Å². The molecule has 0 radical (unpaired) electrons. The Morgan fingerprint density at radius 2 is 1.67 bits per heavy atom. The molecule has 0 aliphatic carbocycles. The Kier molecular flexibility index (Phi) is 8.90. The van der Waals surface area contributed by atoms with Gasteiger partial charge in [0.25, 0.3) is 0 Å². The van der Waals surface area contributed by atoms with Gasteiger partial charge in [-0.3, -0.25) is 9.69 Å². The number of amides is 1. The molecule has 1 amide bonds. The zero-order valence-electron chi connectivity index (χ0n) is 21.9. The van der Waals surface area contributed by atoms with E-state index in [0.717, 1.165) is 31.4 Å². The number of aromatic nitrogens is 4. The van der Waals surface area contributed by atoms with Crippen molar-refractivity contribution in [3.05, 3.63) is 36.7 Å². The van der Waals surface area contributed by atoms with E-state index < -0.39 is 12.1 Å². The van der Waals surface area contributed by atoms with Crippen molar-refractivity contribution in [2.45, 2.75) is 32.0 Å². The van der Waals surface area contributed by atoms with Crippen molar-refractivity contribution in [2.75, 3.05) is 52.7 Å². The van der Waals surface area contributed by atoms with Crippen LogP contribution in [-0.2, 0) is 11.3 Å². The van der Waals surface area contributed by atoms with Crippen molar-refractivity contribution >= 4 is 22.8 Å².